The number of carbonyl (C=O) groups excluding carboxylic acids is 2. The zero-order valence-corrected chi connectivity index (χ0v) is 10.1. The van der Waals surface area contributed by atoms with Crippen LogP contribution in [0.25, 0.3) is 0 Å². The molecule has 0 fully saturated rings. The minimum absolute atomic E-state index is 0.0433. The lowest BCUT2D eigenvalue weighted by Gasteiger charge is -2.21. The summed E-state index contributed by atoms with van der Waals surface area (Å²) in [5.74, 6) is -1.62. The lowest BCUT2D eigenvalue weighted by Crippen LogP contribution is -2.37. The van der Waals surface area contributed by atoms with E-state index in [0.717, 1.165) is 12.7 Å². The third-order valence-corrected chi connectivity index (χ3v) is 2.40. The number of ether oxygens (including phenoxy) is 1. The third-order valence-electron chi connectivity index (χ3n) is 2.40. The van der Waals surface area contributed by atoms with Crippen LogP contribution in [0.1, 0.15) is 12.5 Å². The number of aromatic hydroxyl groups is 1. The first-order valence-electron chi connectivity index (χ1n) is 5.20. The van der Waals surface area contributed by atoms with Gasteiger partial charge in [0.2, 0.25) is 0 Å². The molecule has 5 nitrogen and oxygen atoms in total. The summed E-state index contributed by atoms with van der Waals surface area (Å²) < 4.78 is 4.39. The number of hydrogen-bond donors (Lipinski definition) is 1. The third kappa shape index (κ3) is 2.75. The SMILES string of the molecule is CCN(C(=O)C(=O)OC)c1cc(O)ccc1C. The maximum absolute atomic E-state index is 11.7. The van der Waals surface area contributed by atoms with E-state index in [4.69, 9.17) is 0 Å². The number of hydrogen-bond acceptors (Lipinski definition) is 4. The maximum Gasteiger partial charge on any atom is 0.397 e. The molecule has 92 valence electrons. The van der Waals surface area contributed by atoms with Crippen molar-refractivity contribution in [3.05, 3.63) is 23.8 Å². The lowest BCUT2D eigenvalue weighted by molar-refractivity contribution is -0.151. The molecule has 5 heteroatoms. The lowest BCUT2D eigenvalue weighted by atomic mass is 10.1. The number of amides is 1. The molecule has 0 saturated heterocycles. The van der Waals surface area contributed by atoms with Crippen LogP contribution in [0.2, 0.25) is 0 Å². The smallest absolute Gasteiger partial charge is 0.397 e. The van der Waals surface area contributed by atoms with Crippen molar-refractivity contribution in [2.75, 3.05) is 18.6 Å². The van der Waals surface area contributed by atoms with E-state index in [0.29, 0.717) is 12.2 Å². The van der Waals surface area contributed by atoms with Crippen LogP contribution in [-0.4, -0.2) is 30.6 Å². The average molecular weight is 237 g/mol. The number of methoxy groups -OCH3 is 1. The Labute approximate surface area is 99.6 Å². The summed E-state index contributed by atoms with van der Waals surface area (Å²) in [6.07, 6.45) is 0. The van der Waals surface area contributed by atoms with Gasteiger partial charge < -0.3 is 14.7 Å². The Morgan fingerprint density at radius 1 is 1.41 bits per heavy atom. The molecule has 0 aliphatic carbocycles. The van der Waals surface area contributed by atoms with Gasteiger partial charge in [-0.3, -0.25) is 4.79 Å². The van der Waals surface area contributed by atoms with Crippen LogP contribution < -0.4 is 4.90 Å². The fourth-order valence-corrected chi connectivity index (χ4v) is 1.51. The molecule has 0 atom stereocenters. The Kier molecular flexibility index (Phi) is 4.09. The predicted molar refractivity (Wildman–Crippen MR) is 62.9 cm³/mol. The van der Waals surface area contributed by atoms with Gasteiger partial charge in [-0.2, -0.15) is 0 Å². The van der Waals surface area contributed by atoms with Crippen molar-refractivity contribution in [3.8, 4) is 5.75 Å². The fraction of sp³-hybridized carbons (Fsp3) is 0.333. The molecular formula is C12H15NO4. The molecule has 0 spiro atoms. The highest BCUT2D eigenvalue weighted by molar-refractivity contribution is 6.38. The standard InChI is InChI=1S/C12H15NO4/c1-4-13(11(15)12(16)17-3)10-7-9(14)6-5-8(10)2/h5-7,14H,4H2,1-3H3. The van der Waals surface area contributed by atoms with E-state index in [2.05, 4.69) is 4.74 Å². The highest BCUT2D eigenvalue weighted by Gasteiger charge is 2.23. The Balaban J connectivity index is 3.13. The molecule has 0 unspecified atom stereocenters. The van der Waals surface area contributed by atoms with Gasteiger partial charge in [0.15, 0.2) is 0 Å². The number of phenolic OH excluding ortho intramolecular Hbond substituents is 1. The number of aryl methyl sites for hydroxylation is 1. The summed E-state index contributed by atoms with van der Waals surface area (Å²) in [6.45, 7) is 3.85. The van der Waals surface area contributed by atoms with Crippen molar-refractivity contribution in [2.45, 2.75) is 13.8 Å². The van der Waals surface area contributed by atoms with Crippen molar-refractivity contribution in [2.24, 2.45) is 0 Å². The first-order valence-corrected chi connectivity index (χ1v) is 5.20. The van der Waals surface area contributed by atoms with Gasteiger partial charge in [0.25, 0.3) is 0 Å². The molecule has 0 aliphatic rings. The van der Waals surface area contributed by atoms with E-state index in [9.17, 15) is 14.7 Å². The molecule has 1 aromatic rings. The molecular weight excluding hydrogens is 222 g/mol. The number of phenols is 1. The second-order valence-electron chi connectivity index (χ2n) is 3.51. The van der Waals surface area contributed by atoms with E-state index in [-0.39, 0.29) is 5.75 Å². The number of esters is 1. The Bertz CT molecular complexity index is 442. The molecule has 1 amide bonds. The number of benzene rings is 1. The van der Waals surface area contributed by atoms with Crippen LogP contribution in [0.4, 0.5) is 5.69 Å². The summed E-state index contributed by atoms with van der Waals surface area (Å²) >= 11 is 0. The van der Waals surface area contributed by atoms with E-state index in [1.165, 1.54) is 17.0 Å². The van der Waals surface area contributed by atoms with Gasteiger partial charge in [0.05, 0.1) is 12.8 Å². The topological polar surface area (TPSA) is 66.8 Å². The van der Waals surface area contributed by atoms with Crippen molar-refractivity contribution < 1.29 is 19.4 Å². The molecule has 0 saturated carbocycles. The summed E-state index contributed by atoms with van der Waals surface area (Å²) in [4.78, 5) is 24.2. The number of likely N-dealkylation sites (N-methyl/N-ethyl adjacent to an activating group) is 1. The van der Waals surface area contributed by atoms with E-state index >= 15 is 0 Å². The maximum atomic E-state index is 11.7. The minimum atomic E-state index is -0.922. The number of carbonyl (C=O) groups is 2. The van der Waals surface area contributed by atoms with Gasteiger partial charge in [-0.25, -0.2) is 4.79 Å². The fourth-order valence-electron chi connectivity index (χ4n) is 1.51. The van der Waals surface area contributed by atoms with Gasteiger partial charge in [0.1, 0.15) is 5.75 Å². The highest BCUT2D eigenvalue weighted by atomic mass is 16.5. The van der Waals surface area contributed by atoms with Crippen molar-refractivity contribution >= 4 is 17.6 Å². The predicted octanol–water partition coefficient (Wildman–Crippen LogP) is 1.23. The zero-order chi connectivity index (χ0) is 13.0. The van der Waals surface area contributed by atoms with Crippen LogP contribution in [0, 0.1) is 6.92 Å². The van der Waals surface area contributed by atoms with Crippen molar-refractivity contribution in [3.63, 3.8) is 0 Å². The molecule has 1 aromatic carbocycles. The Morgan fingerprint density at radius 3 is 2.59 bits per heavy atom. The second kappa shape index (κ2) is 5.34. The van der Waals surface area contributed by atoms with Gasteiger partial charge in [-0.1, -0.05) is 6.07 Å². The number of nitrogens with zero attached hydrogens (tertiary/aromatic N) is 1. The van der Waals surface area contributed by atoms with E-state index in [1.54, 1.807) is 19.9 Å². The second-order valence-corrected chi connectivity index (χ2v) is 3.51. The highest BCUT2D eigenvalue weighted by Crippen LogP contribution is 2.25. The Morgan fingerprint density at radius 2 is 2.06 bits per heavy atom. The zero-order valence-electron chi connectivity index (χ0n) is 10.1. The molecule has 0 aromatic heterocycles. The summed E-state index contributed by atoms with van der Waals surface area (Å²) in [6, 6.07) is 4.65. The summed E-state index contributed by atoms with van der Waals surface area (Å²) in [5.41, 5.74) is 1.30. The molecule has 0 heterocycles. The van der Waals surface area contributed by atoms with Gasteiger partial charge in [-0.05, 0) is 25.5 Å². The van der Waals surface area contributed by atoms with E-state index in [1.807, 2.05) is 0 Å². The quantitative estimate of drug-likeness (QED) is 0.620. The summed E-state index contributed by atoms with van der Waals surface area (Å²) in [7, 11) is 1.16. The molecule has 1 N–H and O–H groups in total. The van der Waals surface area contributed by atoms with Crippen LogP contribution in [0.3, 0.4) is 0 Å². The molecule has 0 radical (unpaired) electrons. The Hall–Kier alpha value is -2.04. The number of anilines is 1. The van der Waals surface area contributed by atoms with Crippen molar-refractivity contribution in [1.82, 2.24) is 0 Å². The first kappa shape index (κ1) is 13.0. The minimum Gasteiger partial charge on any atom is -0.508 e. The monoisotopic (exact) mass is 237 g/mol. The molecule has 1 rings (SSSR count). The van der Waals surface area contributed by atoms with Crippen molar-refractivity contribution in [1.29, 1.82) is 0 Å². The van der Waals surface area contributed by atoms with Crippen LogP contribution in [0.5, 0.6) is 5.75 Å². The first-order chi connectivity index (χ1) is 8.01. The van der Waals surface area contributed by atoms with Gasteiger partial charge in [-0.15, -0.1) is 0 Å². The molecule has 17 heavy (non-hydrogen) atoms. The largest absolute Gasteiger partial charge is 0.508 e. The van der Waals surface area contributed by atoms with E-state index < -0.39 is 11.9 Å². The van der Waals surface area contributed by atoms with Gasteiger partial charge in [0, 0.05) is 12.6 Å². The number of rotatable bonds is 2. The van der Waals surface area contributed by atoms with Crippen LogP contribution in [0.15, 0.2) is 18.2 Å². The normalized spacial score (nSPS) is 9.82. The summed E-state index contributed by atoms with van der Waals surface area (Å²) in [5, 5.41) is 9.41. The van der Waals surface area contributed by atoms with Crippen LogP contribution >= 0.6 is 0 Å². The van der Waals surface area contributed by atoms with Crippen LogP contribution in [-0.2, 0) is 14.3 Å². The molecule has 0 bridgehead atoms. The average Bonchev–Trinajstić information content (AvgIpc) is 2.33. The van der Waals surface area contributed by atoms with Gasteiger partial charge >= 0.3 is 11.9 Å². The molecule has 0 aliphatic heterocycles.